The number of hydrogen-bond acceptors (Lipinski definition) is 5. The predicted molar refractivity (Wildman–Crippen MR) is 87.3 cm³/mol. The van der Waals surface area contributed by atoms with Crippen LogP contribution in [-0.2, 0) is 6.54 Å². The second kappa shape index (κ2) is 6.76. The first-order valence-corrected chi connectivity index (χ1v) is 8.37. The van der Waals surface area contributed by atoms with Gasteiger partial charge in [-0.3, -0.25) is 0 Å². The third kappa shape index (κ3) is 4.63. The second-order valence-electron chi connectivity index (χ2n) is 6.44. The Kier molecular flexibility index (Phi) is 5.27. The molecule has 0 spiro atoms. The Morgan fingerprint density at radius 3 is 2.75 bits per heavy atom. The van der Waals surface area contributed by atoms with Gasteiger partial charge in [0, 0.05) is 30.1 Å². The lowest BCUT2D eigenvalue weighted by Gasteiger charge is -2.37. The van der Waals surface area contributed by atoms with Gasteiger partial charge in [-0.05, 0) is 38.4 Å². The molecule has 0 amide bonds. The number of rotatable bonds is 5. The minimum atomic E-state index is 0.303. The number of anilines is 1. The first-order valence-electron chi connectivity index (χ1n) is 7.38. The third-order valence-corrected chi connectivity index (χ3v) is 4.61. The number of thioether (sulfide) groups is 1. The van der Waals surface area contributed by atoms with Crippen molar-refractivity contribution >= 4 is 17.6 Å². The highest BCUT2D eigenvalue weighted by molar-refractivity contribution is 8.00. The second-order valence-corrected chi connectivity index (χ2v) is 8.24. The average Bonchev–Trinajstić information content (AvgIpc) is 2.38. The lowest BCUT2D eigenvalue weighted by molar-refractivity contribution is 0.545. The zero-order valence-corrected chi connectivity index (χ0v) is 13.8. The summed E-state index contributed by atoms with van der Waals surface area (Å²) in [6.45, 7) is 12.9. The van der Waals surface area contributed by atoms with Crippen molar-refractivity contribution in [3.8, 4) is 0 Å². The van der Waals surface area contributed by atoms with Gasteiger partial charge in [-0.25, -0.2) is 0 Å². The summed E-state index contributed by atoms with van der Waals surface area (Å²) in [5.41, 5.74) is 1.01. The summed E-state index contributed by atoms with van der Waals surface area (Å²) in [5, 5.41) is 12.1. The monoisotopic (exact) mass is 294 g/mol. The van der Waals surface area contributed by atoms with E-state index in [1.54, 1.807) is 0 Å². The van der Waals surface area contributed by atoms with Crippen LogP contribution in [0.2, 0.25) is 0 Å². The molecule has 1 aromatic heterocycles. The zero-order chi connectivity index (χ0) is 14.6. The molecule has 1 aliphatic heterocycles. The van der Waals surface area contributed by atoms with Crippen molar-refractivity contribution < 1.29 is 0 Å². The molecule has 0 aliphatic carbocycles. The Morgan fingerprint density at radius 1 is 1.35 bits per heavy atom. The molecule has 0 unspecified atom stereocenters. The van der Waals surface area contributed by atoms with Crippen LogP contribution in [0, 0.1) is 5.92 Å². The highest BCUT2D eigenvalue weighted by atomic mass is 32.2. The molecule has 112 valence electrons. The molecule has 0 saturated carbocycles. The lowest BCUT2D eigenvalue weighted by Crippen LogP contribution is -2.43. The molecule has 5 heteroatoms. The number of nitrogens with one attached hydrogen (secondary N) is 1. The minimum absolute atomic E-state index is 0.303. The summed E-state index contributed by atoms with van der Waals surface area (Å²) in [7, 11) is 0. The van der Waals surface area contributed by atoms with Crippen molar-refractivity contribution in [1.29, 1.82) is 0 Å². The van der Waals surface area contributed by atoms with E-state index in [9.17, 15) is 0 Å². The van der Waals surface area contributed by atoms with Crippen molar-refractivity contribution in [1.82, 2.24) is 15.5 Å². The molecular formula is C15H26N4S. The van der Waals surface area contributed by atoms with Crippen molar-refractivity contribution in [2.75, 3.05) is 30.3 Å². The van der Waals surface area contributed by atoms with Crippen LogP contribution in [0.15, 0.2) is 12.1 Å². The Balaban J connectivity index is 1.91. The van der Waals surface area contributed by atoms with Crippen LogP contribution in [-0.4, -0.2) is 40.3 Å². The van der Waals surface area contributed by atoms with E-state index >= 15 is 0 Å². The molecule has 2 heterocycles. The van der Waals surface area contributed by atoms with Crippen molar-refractivity contribution in [2.24, 2.45) is 5.92 Å². The Hall–Kier alpha value is -0.810. The molecule has 20 heavy (non-hydrogen) atoms. The molecule has 1 N–H and O–H groups in total. The first kappa shape index (κ1) is 15.6. The van der Waals surface area contributed by atoms with Crippen molar-refractivity contribution in [3.05, 3.63) is 17.8 Å². The van der Waals surface area contributed by atoms with Crippen LogP contribution in [0.3, 0.4) is 0 Å². The molecule has 0 atom stereocenters. The van der Waals surface area contributed by atoms with E-state index in [1.165, 1.54) is 0 Å². The fraction of sp³-hybridized carbons (Fsp3) is 0.733. The molecule has 1 saturated heterocycles. The third-order valence-electron chi connectivity index (χ3n) is 3.31. The van der Waals surface area contributed by atoms with Gasteiger partial charge in [0.2, 0.25) is 0 Å². The van der Waals surface area contributed by atoms with E-state index in [1.807, 2.05) is 11.8 Å². The van der Waals surface area contributed by atoms with Crippen LogP contribution in [0.1, 0.15) is 33.4 Å². The fourth-order valence-electron chi connectivity index (χ4n) is 2.32. The predicted octanol–water partition coefficient (Wildman–Crippen LogP) is 2.55. The number of aromatic nitrogens is 2. The average molecular weight is 294 g/mol. The van der Waals surface area contributed by atoms with Crippen LogP contribution in [0.25, 0.3) is 0 Å². The Bertz CT molecular complexity index is 416. The molecule has 1 aromatic rings. The summed E-state index contributed by atoms with van der Waals surface area (Å²) in [6.07, 6.45) is 0. The maximum atomic E-state index is 4.39. The van der Waals surface area contributed by atoms with Gasteiger partial charge in [0.05, 0.1) is 5.69 Å². The molecular weight excluding hydrogens is 268 g/mol. The van der Waals surface area contributed by atoms with Crippen LogP contribution in [0.4, 0.5) is 5.82 Å². The van der Waals surface area contributed by atoms with Crippen LogP contribution in [0.5, 0.6) is 0 Å². The summed E-state index contributed by atoms with van der Waals surface area (Å²) in [5.74, 6) is 2.83. The maximum absolute atomic E-state index is 4.39. The summed E-state index contributed by atoms with van der Waals surface area (Å²) < 4.78 is 0.303. The molecule has 1 aliphatic rings. The normalized spacial score (nSPS) is 18.6. The summed E-state index contributed by atoms with van der Waals surface area (Å²) >= 11 is 2.04. The van der Waals surface area contributed by atoms with Crippen molar-refractivity contribution in [2.45, 2.75) is 39.0 Å². The van der Waals surface area contributed by atoms with Gasteiger partial charge in [-0.15, -0.1) is 5.10 Å². The zero-order valence-electron chi connectivity index (χ0n) is 13.0. The summed E-state index contributed by atoms with van der Waals surface area (Å²) in [4.78, 5) is 2.34. The maximum Gasteiger partial charge on any atom is 0.151 e. The number of nitrogens with zero attached hydrogens (tertiary/aromatic N) is 3. The molecule has 4 nitrogen and oxygen atoms in total. The SMILES string of the molecule is CC(C)CNCc1ccc(N2CCSC(C)(C)C2)nn1. The smallest absolute Gasteiger partial charge is 0.151 e. The van der Waals surface area contributed by atoms with Crippen LogP contribution >= 0.6 is 11.8 Å². The summed E-state index contributed by atoms with van der Waals surface area (Å²) in [6, 6.07) is 4.19. The topological polar surface area (TPSA) is 41.0 Å². The standard InChI is InChI=1S/C15H26N4S/c1-12(2)9-16-10-13-5-6-14(18-17-13)19-7-8-20-15(3,4)11-19/h5-6,12,16H,7-11H2,1-4H3. The van der Waals surface area contributed by atoms with E-state index in [4.69, 9.17) is 0 Å². The van der Waals surface area contributed by atoms with E-state index in [-0.39, 0.29) is 0 Å². The van der Waals surface area contributed by atoms with Crippen molar-refractivity contribution in [3.63, 3.8) is 0 Å². The quantitative estimate of drug-likeness (QED) is 0.904. The van der Waals surface area contributed by atoms with Gasteiger partial charge >= 0.3 is 0 Å². The number of hydrogen-bond donors (Lipinski definition) is 1. The van der Waals surface area contributed by atoms with Gasteiger partial charge in [0.15, 0.2) is 5.82 Å². The van der Waals surface area contributed by atoms with Crippen LogP contribution < -0.4 is 10.2 Å². The van der Waals surface area contributed by atoms with E-state index in [2.05, 4.69) is 60.2 Å². The molecule has 0 radical (unpaired) electrons. The molecule has 0 aromatic carbocycles. The van der Waals surface area contributed by atoms with Gasteiger partial charge in [-0.1, -0.05) is 13.8 Å². The highest BCUT2D eigenvalue weighted by Crippen LogP contribution is 2.31. The van der Waals surface area contributed by atoms with E-state index < -0.39 is 0 Å². The van der Waals surface area contributed by atoms with Gasteiger partial charge in [-0.2, -0.15) is 16.9 Å². The van der Waals surface area contributed by atoms with E-state index in [0.29, 0.717) is 10.7 Å². The lowest BCUT2D eigenvalue weighted by atomic mass is 10.2. The molecule has 2 rings (SSSR count). The fourth-order valence-corrected chi connectivity index (χ4v) is 3.43. The Labute approximate surface area is 126 Å². The minimum Gasteiger partial charge on any atom is -0.353 e. The van der Waals surface area contributed by atoms with Gasteiger partial charge < -0.3 is 10.2 Å². The Morgan fingerprint density at radius 2 is 2.15 bits per heavy atom. The van der Waals surface area contributed by atoms with Gasteiger partial charge in [0.1, 0.15) is 0 Å². The molecule has 1 fully saturated rings. The highest BCUT2D eigenvalue weighted by Gasteiger charge is 2.27. The van der Waals surface area contributed by atoms with Gasteiger partial charge in [0.25, 0.3) is 0 Å². The largest absolute Gasteiger partial charge is 0.353 e. The van der Waals surface area contributed by atoms with E-state index in [0.717, 1.165) is 43.4 Å². The molecule has 0 bridgehead atoms. The first-order chi connectivity index (χ1) is 9.46.